The van der Waals surface area contributed by atoms with Crippen molar-refractivity contribution in [3.8, 4) is 22.5 Å². The summed E-state index contributed by atoms with van der Waals surface area (Å²) < 4.78 is 30.1. The van der Waals surface area contributed by atoms with Crippen molar-refractivity contribution >= 4 is 31.7 Å². The molecule has 2 aliphatic rings. The minimum Gasteiger partial charge on any atom is -0.444 e. The topological polar surface area (TPSA) is 123 Å². The molecule has 4 aromatic rings. The maximum atomic E-state index is 15.6. The van der Waals surface area contributed by atoms with Crippen LogP contribution in [-0.2, 0) is 16.2 Å². The van der Waals surface area contributed by atoms with Gasteiger partial charge < -0.3 is 19.3 Å². The molecule has 280 valence electrons. The first-order chi connectivity index (χ1) is 24.6. The Morgan fingerprint density at radius 3 is 2.52 bits per heavy atom. The van der Waals surface area contributed by atoms with Gasteiger partial charge in [0.05, 0.1) is 17.8 Å². The lowest BCUT2D eigenvalue weighted by atomic mass is 9.96. The number of benzene rings is 1. The largest absolute Gasteiger partial charge is 0.444 e. The highest BCUT2D eigenvalue weighted by molar-refractivity contribution is 6.76. The van der Waals surface area contributed by atoms with Crippen LogP contribution in [0.5, 0.6) is 0 Å². The second kappa shape index (κ2) is 14.9. The number of amides is 3. The molecule has 0 N–H and O–H groups in total. The first-order valence-electron chi connectivity index (χ1n) is 18.2. The van der Waals surface area contributed by atoms with Crippen molar-refractivity contribution in [2.24, 2.45) is 11.8 Å². The van der Waals surface area contributed by atoms with Crippen LogP contribution in [-0.4, -0.2) is 104 Å². The molecule has 0 aliphatic carbocycles. The Morgan fingerprint density at radius 1 is 1.10 bits per heavy atom. The molecule has 2 aliphatic heterocycles. The van der Waals surface area contributed by atoms with Crippen LogP contribution in [0.1, 0.15) is 47.5 Å². The molecule has 1 atom stereocenters. The van der Waals surface area contributed by atoms with Gasteiger partial charge in [0.1, 0.15) is 30.3 Å². The lowest BCUT2D eigenvalue weighted by Gasteiger charge is -2.34. The fourth-order valence-corrected chi connectivity index (χ4v) is 7.38. The average molecular weight is 734 g/mol. The lowest BCUT2D eigenvalue weighted by Crippen LogP contribution is -2.44. The molecule has 3 amide bonds. The van der Waals surface area contributed by atoms with Crippen LogP contribution in [0.25, 0.3) is 28.2 Å². The van der Waals surface area contributed by atoms with E-state index in [1.165, 1.54) is 6.07 Å². The van der Waals surface area contributed by atoms with E-state index in [4.69, 9.17) is 14.5 Å². The minimum absolute atomic E-state index is 0.0783. The van der Waals surface area contributed by atoms with E-state index in [0.717, 1.165) is 18.9 Å². The normalized spacial score (nSPS) is 17.6. The summed E-state index contributed by atoms with van der Waals surface area (Å²) in [7, 11) is -1.20. The van der Waals surface area contributed by atoms with E-state index in [2.05, 4.69) is 48.7 Å². The average Bonchev–Trinajstić information content (AvgIpc) is 3.79. The summed E-state index contributed by atoms with van der Waals surface area (Å²) >= 11 is 0. The molecule has 6 rings (SSSR count). The van der Waals surface area contributed by atoms with Crippen LogP contribution >= 0.6 is 0 Å². The van der Waals surface area contributed by atoms with Crippen molar-refractivity contribution in [1.29, 1.82) is 0 Å². The summed E-state index contributed by atoms with van der Waals surface area (Å²) in [5.74, 6) is 0.804. The molecule has 15 heteroatoms. The van der Waals surface area contributed by atoms with E-state index in [1.807, 2.05) is 31.7 Å². The van der Waals surface area contributed by atoms with Crippen molar-refractivity contribution in [1.82, 2.24) is 39.2 Å². The molecule has 2 fully saturated rings. The summed E-state index contributed by atoms with van der Waals surface area (Å²) in [5, 5.41) is 8.90. The van der Waals surface area contributed by atoms with Crippen LogP contribution in [0.4, 0.5) is 19.8 Å². The lowest BCUT2D eigenvalue weighted by molar-refractivity contribution is 0.0175. The third-order valence-corrected chi connectivity index (χ3v) is 11.3. The Hall–Kier alpha value is -4.37. The number of aromatic nitrogens is 6. The van der Waals surface area contributed by atoms with Gasteiger partial charge >= 0.3 is 12.1 Å². The number of ether oxygens (including phenoxy) is 2. The maximum absolute atomic E-state index is 15.6. The number of carbonyl (C=O) groups excluding carboxylic acids is 2. The first kappa shape index (κ1) is 37.4. The van der Waals surface area contributed by atoms with E-state index >= 15 is 4.39 Å². The van der Waals surface area contributed by atoms with Gasteiger partial charge in [-0.3, -0.25) is 4.90 Å². The van der Waals surface area contributed by atoms with Gasteiger partial charge in [0.15, 0.2) is 11.5 Å². The summed E-state index contributed by atoms with van der Waals surface area (Å²) in [4.78, 5) is 41.3. The van der Waals surface area contributed by atoms with Gasteiger partial charge in [0, 0.05) is 52.6 Å². The molecule has 0 bridgehead atoms. The molecule has 0 radical (unpaired) electrons. The summed E-state index contributed by atoms with van der Waals surface area (Å²) in [6.45, 7) is 20.1. The van der Waals surface area contributed by atoms with E-state index in [9.17, 15) is 9.59 Å². The van der Waals surface area contributed by atoms with Crippen LogP contribution in [0.15, 0.2) is 43.0 Å². The van der Waals surface area contributed by atoms with Crippen LogP contribution in [0, 0.1) is 17.7 Å². The Bertz CT molecular complexity index is 1890. The number of hydrogen-bond donors (Lipinski definition) is 0. The monoisotopic (exact) mass is 733 g/mol. The quantitative estimate of drug-likeness (QED) is 0.119. The van der Waals surface area contributed by atoms with Crippen LogP contribution in [0.3, 0.4) is 0 Å². The number of piperidine rings is 1. The second-order valence-corrected chi connectivity index (χ2v) is 22.2. The van der Waals surface area contributed by atoms with Gasteiger partial charge in [-0.25, -0.2) is 33.1 Å². The number of hydrogen-bond acceptors (Lipinski definition) is 8. The molecule has 1 aromatic carbocycles. The van der Waals surface area contributed by atoms with Gasteiger partial charge in [-0.05, 0) is 75.3 Å². The molecule has 2 saturated heterocycles. The molecule has 3 aromatic heterocycles. The van der Waals surface area contributed by atoms with E-state index < -0.39 is 19.5 Å². The number of urea groups is 1. The van der Waals surface area contributed by atoms with Gasteiger partial charge in [-0.15, -0.1) is 5.10 Å². The van der Waals surface area contributed by atoms with Crippen LogP contribution in [0.2, 0.25) is 25.7 Å². The van der Waals surface area contributed by atoms with Gasteiger partial charge in [0.25, 0.3) is 0 Å². The van der Waals surface area contributed by atoms with Crippen molar-refractivity contribution < 1.29 is 23.5 Å². The summed E-state index contributed by atoms with van der Waals surface area (Å²) in [6.07, 6.45) is 6.32. The van der Waals surface area contributed by atoms with Gasteiger partial charge in [-0.2, -0.15) is 5.10 Å². The number of carbonyl (C=O) groups is 2. The van der Waals surface area contributed by atoms with E-state index in [1.54, 1.807) is 49.9 Å². The van der Waals surface area contributed by atoms with Crippen molar-refractivity contribution in [2.75, 3.05) is 37.7 Å². The zero-order valence-corrected chi connectivity index (χ0v) is 32.7. The fraction of sp³-hybridized carbons (Fsp3) is 0.568. The maximum Gasteiger partial charge on any atom is 0.410 e. The molecule has 0 spiro atoms. The van der Waals surface area contributed by atoms with E-state index in [0.29, 0.717) is 55.4 Å². The molecular weight excluding hydrogens is 682 g/mol. The molecular formula is C37H52FN9O4Si. The van der Waals surface area contributed by atoms with Crippen molar-refractivity contribution in [3.63, 3.8) is 0 Å². The predicted octanol–water partition coefficient (Wildman–Crippen LogP) is 7.02. The molecule has 0 saturated carbocycles. The number of nitrogens with zero attached hydrogens (tertiary/aromatic N) is 9. The Morgan fingerprint density at radius 2 is 1.85 bits per heavy atom. The smallest absolute Gasteiger partial charge is 0.410 e. The van der Waals surface area contributed by atoms with Crippen LogP contribution < -0.4 is 4.90 Å². The van der Waals surface area contributed by atoms with Gasteiger partial charge in [-0.1, -0.05) is 39.6 Å². The Kier molecular flexibility index (Phi) is 10.7. The summed E-state index contributed by atoms with van der Waals surface area (Å²) in [6, 6.07) is 7.61. The molecule has 5 heterocycles. The number of halogens is 1. The Balaban J connectivity index is 1.15. The third kappa shape index (κ3) is 8.63. The predicted molar refractivity (Wildman–Crippen MR) is 200 cm³/mol. The van der Waals surface area contributed by atoms with Crippen molar-refractivity contribution in [3.05, 3.63) is 48.8 Å². The first-order valence-corrected chi connectivity index (χ1v) is 21.9. The van der Waals surface area contributed by atoms with E-state index in [-0.39, 0.29) is 48.1 Å². The van der Waals surface area contributed by atoms with Crippen molar-refractivity contribution in [2.45, 2.75) is 91.5 Å². The molecule has 1 unspecified atom stereocenters. The standard InChI is InChI=1S/C37H52FN9O4Si/c1-25(2)31-22-44(21-26-11-14-43(15-12-26)36(49)51-37(3,4)5)35(48)47(31)32-13-16-46-34(41-32)29(20-40-46)27-9-10-28(30(38)19-27)33-39-23-45(42-33)24-50-17-18-52(6,7)8/h9-10,13,16,19-20,23,25-26,31H,11-12,14-15,17-18,21-22,24H2,1-8H3. The SMILES string of the molecule is CC(C)C1CN(CC2CCN(C(=O)OC(C)(C)C)CC2)C(=O)N1c1ccn2ncc(-c3ccc(-c4ncn(COCC[Si](C)(C)C)n4)c(F)c3)c2n1. The van der Waals surface area contributed by atoms with Gasteiger partial charge in [0.2, 0.25) is 0 Å². The number of anilines is 1. The zero-order valence-electron chi connectivity index (χ0n) is 31.7. The number of fused-ring (bicyclic) bond motifs is 1. The molecule has 13 nitrogen and oxygen atoms in total. The number of likely N-dealkylation sites (tertiary alicyclic amines) is 1. The fourth-order valence-electron chi connectivity index (χ4n) is 6.62. The second-order valence-electron chi connectivity index (χ2n) is 16.5. The highest BCUT2D eigenvalue weighted by Crippen LogP contribution is 2.33. The highest BCUT2D eigenvalue weighted by Gasteiger charge is 2.42. The molecule has 52 heavy (non-hydrogen) atoms. The zero-order chi connectivity index (χ0) is 37.4. The minimum atomic E-state index is -1.20. The Labute approximate surface area is 306 Å². The third-order valence-electron chi connectivity index (χ3n) is 9.61. The number of rotatable bonds is 11. The summed E-state index contributed by atoms with van der Waals surface area (Å²) in [5.41, 5.74) is 1.51. The highest BCUT2D eigenvalue weighted by atomic mass is 28.3.